The summed E-state index contributed by atoms with van der Waals surface area (Å²) in [7, 11) is 1.51. The second-order valence-corrected chi connectivity index (χ2v) is 4.23. The fourth-order valence-corrected chi connectivity index (χ4v) is 1.95. The van der Waals surface area contributed by atoms with Gasteiger partial charge in [-0.3, -0.25) is 0 Å². The zero-order valence-corrected chi connectivity index (χ0v) is 9.18. The molecule has 5 atom stereocenters. The van der Waals surface area contributed by atoms with Crippen LogP contribution >= 0.6 is 0 Å². The first kappa shape index (κ1) is 11.9. The van der Waals surface area contributed by atoms with Crippen LogP contribution < -0.4 is 0 Å². The lowest BCUT2D eigenvalue weighted by atomic mass is 9.90. The Morgan fingerprint density at radius 1 is 1.21 bits per heavy atom. The van der Waals surface area contributed by atoms with E-state index in [4.69, 9.17) is 9.47 Å². The van der Waals surface area contributed by atoms with E-state index in [9.17, 15) is 10.2 Å². The Morgan fingerprint density at radius 2 is 1.79 bits per heavy atom. The molecule has 0 radical (unpaired) electrons. The van der Waals surface area contributed by atoms with Crippen LogP contribution in [0.5, 0.6) is 0 Å². The molecular weight excluding hydrogens is 184 g/mol. The summed E-state index contributed by atoms with van der Waals surface area (Å²) in [4.78, 5) is 0. The molecule has 0 aromatic carbocycles. The highest BCUT2D eigenvalue weighted by Crippen LogP contribution is 2.26. The van der Waals surface area contributed by atoms with Crippen LogP contribution in [0, 0.1) is 5.92 Å². The van der Waals surface area contributed by atoms with Crippen molar-refractivity contribution in [3.63, 3.8) is 0 Å². The van der Waals surface area contributed by atoms with Crippen LogP contribution in [0.2, 0.25) is 0 Å². The summed E-state index contributed by atoms with van der Waals surface area (Å²) in [6, 6.07) is 0. The van der Waals surface area contributed by atoms with E-state index in [0.29, 0.717) is 0 Å². The van der Waals surface area contributed by atoms with Crippen molar-refractivity contribution in [1.29, 1.82) is 0 Å². The molecule has 1 rings (SSSR count). The van der Waals surface area contributed by atoms with Gasteiger partial charge in [-0.05, 0) is 12.8 Å². The van der Waals surface area contributed by atoms with Gasteiger partial charge < -0.3 is 19.7 Å². The smallest absolute Gasteiger partial charge is 0.111 e. The minimum atomic E-state index is -0.865. The number of methoxy groups -OCH3 is 1. The monoisotopic (exact) mass is 204 g/mol. The lowest BCUT2D eigenvalue weighted by Gasteiger charge is -2.42. The maximum absolute atomic E-state index is 9.77. The molecule has 1 aliphatic rings. The molecule has 14 heavy (non-hydrogen) atoms. The summed E-state index contributed by atoms with van der Waals surface area (Å²) >= 11 is 0. The van der Waals surface area contributed by atoms with E-state index >= 15 is 0 Å². The van der Waals surface area contributed by atoms with E-state index in [1.54, 1.807) is 0 Å². The largest absolute Gasteiger partial charge is 0.388 e. The Kier molecular flexibility index (Phi) is 3.89. The van der Waals surface area contributed by atoms with Crippen LogP contribution in [-0.4, -0.2) is 47.8 Å². The van der Waals surface area contributed by atoms with E-state index in [1.165, 1.54) is 7.11 Å². The van der Waals surface area contributed by atoms with Gasteiger partial charge in [-0.25, -0.2) is 0 Å². The van der Waals surface area contributed by atoms with E-state index in [2.05, 4.69) is 0 Å². The van der Waals surface area contributed by atoms with Crippen LogP contribution in [-0.2, 0) is 9.47 Å². The van der Waals surface area contributed by atoms with Crippen molar-refractivity contribution in [3.05, 3.63) is 0 Å². The van der Waals surface area contributed by atoms with Crippen molar-refractivity contribution >= 4 is 0 Å². The summed E-state index contributed by atoms with van der Waals surface area (Å²) in [5.74, 6) is 0.180. The van der Waals surface area contributed by atoms with Gasteiger partial charge in [0.05, 0.1) is 12.2 Å². The molecule has 1 fully saturated rings. The van der Waals surface area contributed by atoms with Gasteiger partial charge >= 0.3 is 0 Å². The van der Waals surface area contributed by atoms with E-state index in [0.717, 1.165) is 0 Å². The van der Waals surface area contributed by atoms with Gasteiger partial charge in [-0.1, -0.05) is 13.8 Å². The van der Waals surface area contributed by atoms with Crippen LogP contribution in [0.3, 0.4) is 0 Å². The summed E-state index contributed by atoms with van der Waals surface area (Å²) in [6.07, 6.45) is -2.68. The van der Waals surface area contributed by atoms with Crippen LogP contribution in [0.25, 0.3) is 0 Å². The molecule has 84 valence electrons. The van der Waals surface area contributed by atoms with Crippen LogP contribution in [0.1, 0.15) is 20.8 Å². The summed E-state index contributed by atoms with van der Waals surface area (Å²) in [5, 5.41) is 19.5. The molecular formula is C10H20O4. The topological polar surface area (TPSA) is 58.9 Å². The Bertz CT molecular complexity index is 181. The number of aliphatic hydroxyl groups is 2. The maximum atomic E-state index is 9.77. The average molecular weight is 204 g/mol. The van der Waals surface area contributed by atoms with E-state index in [1.807, 2.05) is 20.8 Å². The predicted molar refractivity (Wildman–Crippen MR) is 52.0 cm³/mol. The third kappa shape index (κ3) is 2.08. The van der Waals surface area contributed by atoms with Crippen molar-refractivity contribution < 1.29 is 19.7 Å². The average Bonchev–Trinajstić information content (AvgIpc) is 2.12. The molecule has 0 aliphatic carbocycles. The molecule has 0 saturated carbocycles. The quantitative estimate of drug-likeness (QED) is 0.673. The first-order chi connectivity index (χ1) is 6.49. The van der Waals surface area contributed by atoms with Gasteiger partial charge in [0.15, 0.2) is 0 Å². The zero-order chi connectivity index (χ0) is 10.9. The SMILES string of the molecule is CO[C@@H]1[C@@H](O)[C@H](O)[C@H](C(C)C)O[C@H]1C. The number of aliphatic hydroxyl groups excluding tert-OH is 2. The highest BCUT2D eigenvalue weighted by molar-refractivity contribution is 4.92. The number of hydrogen-bond donors (Lipinski definition) is 2. The van der Waals surface area contributed by atoms with Crippen molar-refractivity contribution in [1.82, 2.24) is 0 Å². The number of ether oxygens (including phenoxy) is 2. The summed E-state index contributed by atoms with van der Waals surface area (Å²) in [5.41, 5.74) is 0. The first-order valence-electron chi connectivity index (χ1n) is 5.03. The van der Waals surface area contributed by atoms with Gasteiger partial charge in [-0.15, -0.1) is 0 Å². The Labute approximate surface area is 84.8 Å². The normalized spacial score (nSPS) is 44.4. The molecule has 0 aromatic rings. The molecule has 4 heteroatoms. The van der Waals surface area contributed by atoms with Crippen molar-refractivity contribution in [2.75, 3.05) is 7.11 Å². The fraction of sp³-hybridized carbons (Fsp3) is 1.00. The minimum Gasteiger partial charge on any atom is -0.388 e. The Morgan fingerprint density at radius 3 is 2.21 bits per heavy atom. The molecule has 0 aromatic heterocycles. The van der Waals surface area contributed by atoms with E-state index < -0.39 is 18.3 Å². The lowest BCUT2D eigenvalue weighted by Crippen LogP contribution is -2.58. The second-order valence-electron chi connectivity index (χ2n) is 4.23. The predicted octanol–water partition coefficient (Wildman–Crippen LogP) is 0.167. The molecule has 2 N–H and O–H groups in total. The minimum absolute atomic E-state index is 0.180. The molecule has 1 heterocycles. The van der Waals surface area contributed by atoms with Crippen LogP contribution in [0.4, 0.5) is 0 Å². The molecule has 1 saturated heterocycles. The molecule has 1 aliphatic heterocycles. The summed E-state index contributed by atoms with van der Waals surface area (Å²) < 4.78 is 10.7. The number of hydrogen-bond acceptors (Lipinski definition) is 4. The number of rotatable bonds is 2. The van der Waals surface area contributed by atoms with Crippen molar-refractivity contribution in [2.45, 2.75) is 51.3 Å². The maximum Gasteiger partial charge on any atom is 0.111 e. The van der Waals surface area contributed by atoms with Gasteiger partial charge in [0.25, 0.3) is 0 Å². The third-order valence-electron chi connectivity index (χ3n) is 2.79. The summed E-state index contributed by atoms with van der Waals surface area (Å²) in [6.45, 7) is 5.76. The second kappa shape index (κ2) is 4.57. The molecule has 0 amide bonds. The highest BCUT2D eigenvalue weighted by atomic mass is 16.6. The highest BCUT2D eigenvalue weighted by Gasteiger charge is 2.43. The van der Waals surface area contributed by atoms with Crippen LogP contribution in [0.15, 0.2) is 0 Å². The van der Waals surface area contributed by atoms with Crippen molar-refractivity contribution in [2.24, 2.45) is 5.92 Å². The van der Waals surface area contributed by atoms with Gasteiger partial charge in [0.2, 0.25) is 0 Å². The molecule has 4 nitrogen and oxygen atoms in total. The van der Waals surface area contributed by atoms with Crippen molar-refractivity contribution in [3.8, 4) is 0 Å². The third-order valence-corrected chi connectivity index (χ3v) is 2.79. The van der Waals surface area contributed by atoms with Gasteiger partial charge in [0.1, 0.15) is 18.3 Å². The Balaban J connectivity index is 2.72. The van der Waals surface area contributed by atoms with Gasteiger partial charge in [-0.2, -0.15) is 0 Å². The fourth-order valence-electron chi connectivity index (χ4n) is 1.95. The first-order valence-corrected chi connectivity index (χ1v) is 5.03. The zero-order valence-electron chi connectivity index (χ0n) is 9.18. The van der Waals surface area contributed by atoms with E-state index in [-0.39, 0.29) is 18.1 Å². The van der Waals surface area contributed by atoms with Gasteiger partial charge in [0, 0.05) is 7.11 Å². The molecule has 0 unspecified atom stereocenters. The molecule has 0 spiro atoms. The standard InChI is InChI=1S/C10H20O4/c1-5(2)9-7(11)8(12)10(13-4)6(3)14-9/h5-12H,1-4H3/t6-,7-,8-,9-,10-/m0/s1. The Hall–Kier alpha value is -0.160. The lowest BCUT2D eigenvalue weighted by molar-refractivity contribution is -0.233. The molecule has 0 bridgehead atoms.